The maximum atomic E-state index is 13.3. The molecule has 1 aromatic carbocycles. The fourth-order valence-corrected chi connectivity index (χ4v) is 3.74. The summed E-state index contributed by atoms with van der Waals surface area (Å²) in [5, 5.41) is 0. The van der Waals surface area contributed by atoms with Crippen molar-refractivity contribution in [3.8, 4) is 11.3 Å². The molecular weight excluding hydrogens is 424 g/mol. The quantitative estimate of drug-likeness (QED) is 0.720. The summed E-state index contributed by atoms with van der Waals surface area (Å²) >= 11 is 3.43. The number of hydrogen-bond donors (Lipinski definition) is 2. The van der Waals surface area contributed by atoms with Crippen molar-refractivity contribution < 1.29 is 14.3 Å². The van der Waals surface area contributed by atoms with E-state index in [1.54, 1.807) is 18.0 Å². The van der Waals surface area contributed by atoms with E-state index < -0.39 is 11.7 Å². The van der Waals surface area contributed by atoms with Crippen molar-refractivity contribution in [1.82, 2.24) is 14.9 Å². The molecule has 2 heterocycles. The molecule has 7 nitrogen and oxygen atoms in total. The molecule has 1 aromatic heterocycles. The second-order valence-corrected chi connectivity index (χ2v) is 8.44. The van der Waals surface area contributed by atoms with E-state index >= 15 is 0 Å². The van der Waals surface area contributed by atoms with Gasteiger partial charge >= 0.3 is 6.09 Å². The van der Waals surface area contributed by atoms with Crippen molar-refractivity contribution in [2.75, 3.05) is 6.54 Å². The number of hydrogen-bond acceptors (Lipinski definition) is 4. The van der Waals surface area contributed by atoms with Crippen LogP contribution in [0.15, 0.2) is 34.9 Å². The Hall–Kier alpha value is -2.35. The molecule has 1 fully saturated rings. The number of ether oxygens (including phenoxy) is 1. The molecule has 3 N–H and O–H groups in total. The normalized spacial score (nSPS) is 18.9. The van der Waals surface area contributed by atoms with Crippen molar-refractivity contribution in [1.29, 1.82) is 0 Å². The van der Waals surface area contributed by atoms with Gasteiger partial charge in [0.05, 0.1) is 17.9 Å². The molecule has 2 atom stereocenters. The van der Waals surface area contributed by atoms with Crippen molar-refractivity contribution in [2.24, 2.45) is 11.7 Å². The average Bonchev–Trinajstić information content (AvgIpc) is 3.30. The van der Waals surface area contributed by atoms with Crippen LogP contribution in [0.2, 0.25) is 0 Å². The number of nitrogens with two attached hydrogens (primary N) is 1. The van der Waals surface area contributed by atoms with E-state index in [1.807, 2.05) is 38.1 Å². The number of amides is 2. The van der Waals surface area contributed by atoms with Gasteiger partial charge in [0, 0.05) is 16.9 Å². The summed E-state index contributed by atoms with van der Waals surface area (Å²) < 4.78 is 6.26. The van der Waals surface area contributed by atoms with Crippen molar-refractivity contribution in [3.05, 3.63) is 40.8 Å². The zero-order valence-electron chi connectivity index (χ0n) is 16.2. The van der Waals surface area contributed by atoms with E-state index in [1.165, 1.54) is 0 Å². The third-order valence-electron chi connectivity index (χ3n) is 5.42. The highest BCUT2D eigenvalue weighted by Gasteiger charge is 2.46. The van der Waals surface area contributed by atoms with Gasteiger partial charge in [-0.25, -0.2) is 9.78 Å². The topological polar surface area (TPSA) is 101 Å². The molecular formula is C20H25BrN4O3. The van der Waals surface area contributed by atoms with Gasteiger partial charge in [-0.1, -0.05) is 41.9 Å². The molecule has 150 valence electrons. The van der Waals surface area contributed by atoms with Crippen molar-refractivity contribution in [3.63, 3.8) is 0 Å². The van der Waals surface area contributed by atoms with Gasteiger partial charge in [0.15, 0.2) is 5.60 Å². The summed E-state index contributed by atoms with van der Waals surface area (Å²) in [5.41, 5.74) is 5.82. The van der Waals surface area contributed by atoms with Crippen LogP contribution in [0.3, 0.4) is 0 Å². The highest BCUT2D eigenvalue weighted by Crippen LogP contribution is 2.36. The Kier molecular flexibility index (Phi) is 5.79. The number of likely N-dealkylation sites (tertiary alicyclic amines) is 1. The Morgan fingerprint density at radius 1 is 1.36 bits per heavy atom. The zero-order chi connectivity index (χ0) is 20.5. The van der Waals surface area contributed by atoms with E-state index in [0.717, 1.165) is 34.4 Å². The molecule has 28 heavy (non-hydrogen) atoms. The lowest BCUT2D eigenvalue weighted by Crippen LogP contribution is -2.53. The molecule has 2 amide bonds. The highest BCUT2D eigenvalue weighted by molar-refractivity contribution is 9.10. The number of carbonyl (C=O) groups is 2. The Bertz CT molecular complexity index is 865. The van der Waals surface area contributed by atoms with E-state index in [4.69, 9.17) is 10.5 Å². The van der Waals surface area contributed by atoms with E-state index in [0.29, 0.717) is 6.54 Å². The van der Waals surface area contributed by atoms with Gasteiger partial charge in [-0.2, -0.15) is 0 Å². The minimum Gasteiger partial charge on any atom is -0.433 e. The van der Waals surface area contributed by atoms with Gasteiger partial charge in [-0.05, 0) is 37.5 Å². The van der Waals surface area contributed by atoms with Crippen LogP contribution in [0.4, 0.5) is 4.79 Å². The van der Waals surface area contributed by atoms with E-state index in [-0.39, 0.29) is 17.9 Å². The maximum absolute atomic E-state index is 13.3. The highest BCUT2D eigenvalue weighted by atomic mass is 79.9. The molecule has 0 saturated carbocycles. The fraction of sp³-hybridized carbons (Fsp3) is 0.450. The Morgan fingerprint density at radius 2 is 2.04 bits per heavy atom. The van der Waals surface area contributed by atoms with Gasteiger partial charge in [0.2, 0.25) is 0 Å². The first-order valence-corrected chi connectivity index (χ1v) is 10.1. The number of primary amides is 1. The van der Waals surface area contributed by atoms with Crippen LogP contribution >= 0.6 is 15.9 Å². The van der Waals surface area contributed by atoms with Crippen LogP contribution in [-0.2, 0) is 9.53 Å². The minimum absolute atomic E-state index is 0.189. The van der Waals surface area contributed by atoms with Gasteiger partial charge < -0.3 is 20.4 Å². The van der Waals surface area contributed by atoms with Gasteiger partial charge in [-0.15, -0.1) is 0 Å². The van der Waals surface area contributed by atoms with Crippen LogP contribution < -0.4 is 5.73 Å². The molecule has 8 heteroatoms. The Morgan fingerprint density at radius 3 is 2.64 bits per heavy atom. The van der Waals surface area contributed by atoms with Crippen LogP contribution in [0.25, 0.3) is 11.3 Å². The summed E-state index contributed by atoms with van der Waals surface area (Å²) in [5.74, 6) is 0.267. The molecule has 2 aromatic rings. The lowest BCUT2D eigenvalue weighted by atomic mass is 9.90. The summed E-state index contributed by atoms with van der Waals surface area (Å²) in [6, 6.07) is 7.74. The first kappa shape index (κ1) is 20.4. The molecule has 3 rings (SSSR count). The second kappa shape index (κ2) is 7.95. The Balaban J connectivity index is 1.86. The predicted molar refractivity (Wildman–Crippen MR) is 109 cm³/mol. The van der Waals surface area contributed by atoms with Crippen LogP contribution in [0, 0.1) is 5.92 Å². The van der Waals surface area contributed by atoms with Gasteiger partial charge in [-0.3, -0.25) is 4.79 Å². The number of halogens is 1. The maximum Gasteiger partial charge on any atom is 0.405 e. The standard InChI is InChI=1S/C20H25BrN4O3/c1-12(2)20(3,28-19(22)27)18(26)25-10-4-5-16(25)17-23-11-15(24-17)13-6-8-14(21)9-7-13/h6-9,11-12,16H,4-5,10H2,1-3H3,(H2,22,27)(H,23,24). The largest absolute Gasteiger partial charge is 0.433 e. The summed E-state index contributed by atoms with van der Waals surface area (Å²) in [6.45, 7) is 5.88. The number of nitrogens with one attached hydrogen (secondary N) is 1. The van der Waals surface area contributed by atoms with Gasteiger partial charge in [0.25, 0.3) is 5.91 Å². The predicted octanol–water partition coefficient (Wildman–Crippen LogP) is 4.01. The fourth-order valence-electron chi connectivity index (χ4n) is 3.48. The number of nitrogens with zero attached hydrogens (tertiary/aromatic N) is 2. The minimum atomic E-state index is -1.31. The molecule has 0 aliphatic carbocycles. The van der Waals surface area contributed by atoms with Crippen molar-refractivity contribution in [2.45, 2.75) is 45.3 Å². The first-order chi connectivity index (χ1) is 13.2. The molecule has 1 aliphatic heterocycles. The van der Waals surface area contributed by atoms with Crippen LogP contribution in [-0.4, -0.2) is 39.0 Å². The molecule has 1 saturated heterocycles. The number of imidazole rings is 1. The first-order valence-electron chi connectivity index (χ1n) is 9.32. The molecule has 0 spiro atoms. The lowest BCUT2D eigenvalue weighted by Gasteiger charge is -2.36. The SMILES string of the molecule is CC(C)C(C)(OC(N)=O)C(=O)N1CCCC1c1ncc(-c2ccc(Br)cc2)[nH]1. The molecule has 2 unspecified atom stereocenters. The molecule has 0 radical (unpaired) electrons. The molecule has 1 aliphatic rings. The Labute approximate surface area is 172 Å². The lowest BCUT2D eigenvalue weighted by molar-refractivity contribution is -0.155. The number of aromatic amines is 1. The summed E-state index contributed by atoms with van der Waals surface area (Å²) in [4.78, 5) is 34.3. The number of carbonyl (C=O) groups excluding carboxylic acids is 2. The van der Waals surface area contributed by atoms with E-state index in [9.17, 15) is 9.59 Å². The summed E-state index contributed by atoms with van der Waals surface area (Å²) in [7, 11) is 0. The number of benzene rings is 1. The second-order valence-electron chi connectivity index (χ2n) is 7.53. The third-order valence-corrected chi connectivity index (χ3v) is 5.95. The molecule has 0 bridgehead atoms. The van der Waals surface area contributed by atoms with E-state index in [2.05, 4.69) is 25.9 Å². The van der Waals surface area contributed by atoms with Crippen LogP contribution in [0.1, 0.15) is 45.5 Å². The van der Waals surface area contributed by atoms with Crippen molar-refractivity contribution >= 4 is 27.9 Å². The average molecular weight is 449 g/mol. The smallest absolute Gasteiger partial charge is 0.405 e. The van der Waals surface area contributed by atoms with Crippen LogP contribution in [0.5, 0.6) is 0 Å². The number of H-pyrrole nitrogens is 1. The zero-order valence-corrected chi connectivity index (χ0v) is 17.8. The third kappa shape index (κ3) is 3.92. The summed E-state index contributed by atoms with van der Waals surface area (Å²) in [6.07, 6.45) is 2.48. The monoisotopic (exact) mass is 448 g/mol. The van der Waals surface area contributed by atoms with Gasteiger partial charge in [0.1, 0.15) is 5.82 Å². The number of rotatable bonds is 5. The number of aromatic nitrogens is 2.